The van der Waals surface area contributed by atoms with E-state index in [0.717, 1.165) is 16.1 Å². The van der Waals surface area contributed by atoms with Crippen LogP contribution in [0.4, 0.5) is 5.00 Å². The maximum atomic E-state index is 12.4. The molecule has 1 aromatic carbocycles. The Morgan fingerprint density at radius 3 is 2.80 bits per heavy atom. The van der Waals surface area contributed by atoms with Crippen molar-refractivity contribution in [3.05, 3.63) is 54.5 Å². The van der Waals surface area contributed by atoms with E-state index in [4.69, 9.17) is 9.47 Å². The number of hydrogen-bond donors (Lipinski definition) is 1. The Balaban J connectivity index is 1.70. The first-order valence-corrected chi connectivity index (χ1v) is 8.38. The maximum absolute atomic E-state index is 12.4. The van der Waals surface area contributed by atoms with Crippen LogP contribution in [0.15, 0.2) is 48.9 Å². The summed E-state index contributed by atoms with van der Waals surface area (Å²) in [6.45, 7) is 0. The second-order valence-electron chi connectivity index (χ2n) is 5.17. The Hall–Kier alpha value is -2.93. The van der Waals surface area contributed by atoms with Gasteiger partial charge in [0.15, 0.2) is 0 Å². The van der Waals surface area contributed by atoms with Crippen molar-refractivity contribution in [3.8, 4) is 22.1 Å². The third-order valence-electron chi connectivity index (χ3n) is 3.52. The summed E-state index contributed by atoms with van der Waals surface area (Å²) in [5.74, 6) is 1.18. The molecule has 0 unspecified atom stereocenters. The first-order valence-electron chi connectivity index (χ1n) is 7.56. The first-order chi connectivity index (χ1) is 12.2. The normalized spacial score (nSPS) is 10.3. The molecular weight excluding hydrogens is 338 g/mol. The summed E-state index contributed by atoms with van der Waals surface area (Å²) in [5, 5.41) is 4.36. The molecule has 0 aliphatic rings. The van der Waals surface area contributed by atoms with Crippen molar-refractivity contribution < 1.29 is 14.3 Å². The van der Waals surface area contributed by atoms with E-state index in [1.54, 1.807) is 51.0 Å². The van der Waals surface area contributed by atoms with E-state index in [0.29, 0.717) is 16.5 Å². The van der Waals surface area contributed by atoms with Crippen LogP contribution in [0.3, 0.4) is 0 Å². The molecule has 0 spiro atoms. The molecule has 1 amide bonds. The van der Waals surface area contributed by atoms with Gasteiger partial charge in [0, 0.05) is 23.5 Å². The quantitative estimate of drug-likeness (QED) is 0.733. The summed E-state index contributed by atoms with van der Waals surface area (Å²) in [6.07, 6.45) is 5.28. The van der Waals surface area contributed by atoms with Gasteiger partial charge in [0.25, 0.3) is 0 Å². The fraction of sp³-hybridized carbons (Fsp3) is 0.167. The fourth-order valence-corrected chi connectivity index (χ4v) is 3.15. The van der Waals surface area contributed by atoms with E-state index in [1.807, 2.05) is 12.1 Å². The molecule has 2 heterocycles. The van der Waals surface area contributed by atoms with Gasteiger partial charge < -0.3 is 14.8 Å². The minimum absolute atomic E-state index is 0.145. The Labute approximate surface area is 149 Å². The molecule has 0 saturated carbocycles. The van der Waals surface area contributed by atoms with Gasteiger partial charge in [-0.1, -0.05) is 11.3 Å². The summed E-state index contributed by atoms with van der Waals surface area (Å²) in [7, 11) is 3.16. The molecule has 6 nitrogen and oxygen atoms in total. The number of hydrogen-bond acceptors (Lipinski definition) is 6. The number of methoxy groups -OCH3 is 2. The maximum Gasteiger partial charge on any atom is 0.229 e. The third kappa shape index (κ3) is 4.13. The molecule has 0 atom stereocenters. The summed E-state index contributed by atoms with van der Waals surface area (Å²) >= 11 is 1.40. The Bertz CT molecular complexity index is 865. The highest BCUT2D eigenvalue weighted by Gasteiger charge is 2.12. The van der Waals surface area contributed by atoms with E-state index in [1.165, 1.54) is 11.3 Å². The molecule has 0 radical (unpaired) electrons. The fourth-order valence-electron chi connectivity index (χ4n) is 2.33. The minimum atomic E-state index is -0.145. The average molecular weight is 355 g/mol. The predicted molar refractivity (Wildman–Crippen MR) is 97.2 cm³/mol. The molecule has 1 N–H and O–H groups in total. The van der Waals surface area contributed by atoms with Crippen LogP contribution in [0.5, 0.6) is 11.5 Å². The monoisotopic (exact) mass is 355 g/mol. The highest BCUT2D eigenvalue weighted by atomic mass is 32.1. The second kappa shape index (κ2) is 7.76. The number of anilines is 1. The summed E-state index contributed by atoms with van der Waals surface area (Å²) in [5.41, 5.74) is 1.68. The van der Waals surface area contributed by atoms with Crippen LogP contribution in [0.2, 0.25) is 0 Å². The van der Waals surface area contributed by atoms with Crippen LogP contribution in [-0.2, 0) is 11.2 Å². The molecule has 2 aromatic heterocycles. The molecule has 0 saturated heterocycles. The topological polar surface area (TPSA) is 73.3 Å². The number of carbonyl (C=O) groups is 1. The summed E-state index contributed by atoms with van der Waals surface area (Å²) in [4.78, 5) is 20.8. The third-order valence-corrected chi connectivity index (χ3v) is 4.48. The Morgan fingerprint density at radius 2 is 2.08 bits per heavy atom. The highest BCUT2D eigenvalue weighted by Crippen LogP contribution is 2.28. The van der Waals surface area contributed by atoms with E-state index in [2.05, 4.69) is 15.3 Å². The van der Waals surface area contributed by atoms with Crippen molar-refractivity contribution in [2.24, 2.45) is 0 Å². The second-order valence-corrected chi connectivity index (χ2v) is 6.20. The number of nitrogens with zero attached hydrogens (tertiary/aromatic N) is 2. The number of nitrogens with one attached hydrogen (secondary N) is 1. The van der Waals surface area contributed by atoms with Gasteiger partial charge in [0.1, 0.15) is 21.5 Å². The zero-order valence-corrected chi connectivity index (χ0v) is 14.7. The van der Waals surface area contributed by atoms with Crippen LogP contribution in [0.1, 0.15) is 5.56 Å². The van der Waals surface area contributed by atoms with Crippen LogP contribution in [0.25, 0.3) is 10.6 Å². The van der Waals surface area contributed by atoms with Gasteiger partial charge in [0.2, 0.25) is 5.91 Å². The van der Waals surface area contributed by atoms with Gasteiger partial charge in [-0.05, 0) is 30.3 Å². The number of ether oxygens (including phenoxy) is 2. The number of aromatic nitrogens is 2. The summed E-state index contributed by atoms with van der Waals surface area (Å²) in [6, 6.07) is 9.16. The Kier molecular flexibility index (Phi) is 5.25. The molecule has 7 heteroatoms. The average Bonchev–Trinajstić information content (AvgIpc) is 3.10. The lowest BCUT2D eigenvalue weighted by Gasteiger charge is -2.10. The zero-order valence-electron chi connectivity index (χ0n) is 13.9. The number of amides is 1. The number of benzene rings is 1. The molecular formula is C18H17N3O3S. The predicted octanol–water partition coefficient (Wildman–Crippen LogP) is 3.40. The van der Waals surface area contributed by atoms with Crippen molar-refractivity contribution in [2.45, 2.75) is 6.42 Å². The van der Waals surface area contributed by atoms with Gasteiger partial charge in [-0.15, -0.1) is 0 Å². The number of thiazole rings is 1. The van der Waals surface area contributed by atoms with Gasteiger partial charge >= 0.3 is 0 Å². The molecule has 0 aliphatic carbocycles. The molecule has 128 valence electrons. The van der Waals surface area contributed by atoms with Crippen molar-refractivity contribution >= 4 is 22.2 Å². The standard InChI is InChI=1S/C18H17N3O3S/c1-23-14-5-6-15(24-2)13(8-14)9-16(22)21-17-11-20-18(25-17)12-4-3-7-19-10-12/h3-8,10-11H,9H2,1-2H3,(H,21,22). The number of rotatable bonds is 6. The lowest BCUT2D eigenvalue weighted by Crippen LogP contribution is -2.14. The van der Waals surface area contributed by atoms with Gasteiger partial charge in [-0.3, -0.25) is 9.78 Å². The molecule has 0 aliphatic heterocycles. The lowest BCUT2D eigenvalue weighted by atomic mass is 10.1. The van der Waals surface area contributed by atoms with E-state index < -0.39 is 0 Å². The highest BCUT2D eigenvalue weighted by molar-refractivity contribution is 7.19. The van der Waals surface area contributed by atoms with Gasteiger partial charge in [-0.25, -0.2) is 4.98 Å². The molecule has 0 bridgehead atoms. The van der Waals surface area contributed by atoms with Crippen LogP contribution < -0.4 is 14.8 Å². The van der Waals surface area contributed by atoms with E-state index >= 15 is 0 Å². The van der Waals surface area contributed by atoms with Gasteiger partial charge in [-0.2, -0.15) is 0 Å². The van der Waals surface area contributed by atoms with Crippen molar-refractivity contribution in [1.29, 1.82) is 0 Å². The molecule has 25 heavy (non-hydrogen) atoms. The first kappa shape index (κ1) is 16.9. The van der Waals surface area contributed by atoms with Gasteiger partial charge in [0.05, 0.1) is 26.8 Å². The largest absolute Gasteiger partial charge is 0.497 e. The van der Waals surface area contributed by atoms with E-state index in [-0.39, 0.29) is 12.3 Å². The van der Waals surface area contributed by atoms with Crippen molar-refractivity contribution in [1.82, 2.24) is 9.97 Å². The Morgan fingerprint density at radius 1 is 1.20 bits per heavy atom. The molecule has 0 fully saturated rings. The summed E-state index contributed by atoms with van der Waals surface area (Å²) < 4.78 is 10.5. The van der Waals surface area contributed by atoms with Crippen molar-refractivity contribution in [2.75, 3.05) is 19.5 Å². The lowest BCUT2D eigenvalue weighted by molar-refractivity contribution is -0.115. The molecule has 3 rings (SSSR count). The van der Waals surface area contributed by atoms with Crippen molar-refractivity contribution in [3.63, 3.8) is 0 Å². The van der Waals surface area contributed by atoms with E-state index in [9.17, 15) is 4.79 Å². The minimum Gasteiger partial charge on any atom is -0.497 e. The molecule has 3 aromatic rings. The SMILES string of the molecule is COc1ccc(OC)c(CC(=O)Nc2cnc(-c3cccnc3)s2)c1. The zero-order chi connectivity index (χ0) is 17.6. The number of carbonyl (C=O) groups excluding carboxylic acids is 1. The van der Waals surface area contributed by atoms with Crippen LogP contribution in [0, 0.1) is 0 Å². The smallest absolute Gasteiger partial charge is 0.229 e. The number of pyridine rings is 1. The van der Waals surface area contributed by atoms with Crippen LogP contribution in [-0.4, -0.2) is 30.1 Å². The van der Waals surface area contributed by atoms with Crippen LogP contribution >= 0.6 is 11.3 Å².